The molecule has 1 amide bonds. The number of hydrogen-bond donors (Lipinski definition) is 0. The average Bonchev–Trinajstić information content (AvgIpc) is 3.33. The Balaban J connectivity index is 1.49. The van der Waals surface area contributed by atoms with Crippen molar-refractivity contribution in [3.8, 4) is 0 Å². The predicted molar refractivity (Wildman–Crippen MR) is 89.3 cm³/mol. The Labute approximate surface area is 145 Å². The molecule has 0 N–H and O–H groups in total. The molecule has 8 nitrogen and oxygen atoms in total. The minimum absolute atomic E-state index is 0.140. The van der Waals surface area contributed by atoms with E-state index in [1.165, 1.54) is 12.8 Å². The first-order valence-electron chi connectivity index (χ1n) is 8.63. The van der Waals surface area contributed by atoms with Gasteiger partial charge in [0.2, 0.25) is 5.95 Å². The monoisotopic (exact) mass is 343 g/mol. The number of carbonyl (C=O) groups is 1. The van der Waals surface area contributed by atoms with Gasteiger partial charge in [-0.05, 0) is 25.8 Å². The van der Waals surface area contributed by atoms with Crippen LogP contribution in [0.3, 0.4) is 0 Å². The van der Waals surface area contributed by atoms with Crippen LogP contribution in [0.4, 0.5) is 5.95 Å². The zero-order chi connectivity index (χ0) is 17.2. The molecule has 2 aromatic rings. The molecule has 0 aliphatic carbocycles. The molecule has 8 heteroatoms. The van der Waals surface area contributed by atoms with Crippen LogP contribution in [-0.4, -0.2) is 58.7 Å². The van der Waals surface area contributed by atoms with Crippen molar-refractivity contribution in [2.45, 2.75) is 25.9 Å². The lowest BCUT2D eigenvalue weighted by atomic mass is 10.2. The van der Waals surface area contributed by atoms with Gasteiger partial charge >= 0.3 is 0 Å². The zero-order valence-corrected chi connectivity index (χ0v) is 14.2. The van der Waals surface area contributed by atoms with E-state index in [4.69, 9.17) is 9.26 Å². The number of nitrogens with zero attached hydrogens (tertiary/aromatic N) is 5. The first-order chi connectivity index (χ1) is 12.2. The highest BCUT2D eigenvalue weighted by molar-refractivity contribution is 5.92. The molecule has 0 saturated carbocycles. The Morgan fingerprint density at radius 2 is 2.12 bits per heavy atom. The third-order valence-electron chi connectivity index (χ3n) is 4.58. The Kier molecular flexibility index (Phi) is 4.35. The number of amides is 1. The van der Waals surface area contributed by atoms with Crippen molar-refractivity contribution in [2.75, 3.05) is 37.7 Å². The van der Waals surface area contributed by atoms with E-state index in [0.29, 0.717) is 31.2 Å². The lowest BCUT2D eigenvalue weighted by molar-refractivity contribution is -0.0250. The fourth-order valence-electron chi connectivity index (χ4n) is 3.25. The number of morpholine rings is 1. The van der Waals surface area contributed by atoms with Gasteiger partial charge in [-0.15, -0.1) is 0 Å². The summed E-state index contributed by atoms with van der Waals surface area (Å²) in [5, 5.41) is 3.82. The van der Waals surface area contributed by atoms with Gasteiger partial charge in [-0.2, -0.15) is 0 Å². The maximum absolute atomic E-state index is 12.6. The normalized spacial score (nSPS) is 20.9. The van der Waals surface area contributed by atoms with E-state index < -0.39 is 0 Å². The lowest BCUT2D eigenvalue weighted by Crippen LogP contribution is -2.42. The van der Waals surface area contributed by atoms with Gasteiger partial charge < -0.3 is 19.1 Å². The molecule has 4 rings (SSSR count). The van der Waals surface area contributed by atoms with Crippen LogP contribution >= 0.6 is 0 Å². The molecule has 4 heterocycles. The molecule has 2 fully saturated rings. The van der Waals surface area contributed by atoms with Crippen LogP contribution in [-0.2, 0) is 4.74 Å². The fraction of sp³-hybridized carbons (Fsp3) is 0.529. The van der Waals surface area contributed by atoms with Crippen LogP contribution in [0.5, 0.6) is 0 Å². The van der Waals surface area contributed by atoms with Crippen molar-refractivity contribution in [3.05, 3.63) is 35.5 Å². The second kappa shape index (κ2) is 6.79. The van der Waals surface area contributed by atoms with Crippen molar-refractivity contribution in [1.29, 1.82) is 0 Å². The Bertz CT molecular complexity index is 756. The zero-order valence-electron chi connectivity index (χ0n) is 14.2. The van der Waals surface area contributed by atoms with Crippen LogP contribution in [0, 0.1) is 6.92 Å². The summed E-state index contributed by atoms with van der Waals surface area (Å²) in [6.07, 6.45) is 3.86. The Morgan fingerprint density at radius 3 is 2.88 bits per heavy atom. The Morgan fingerprint density at radius 1 is 1.28 bits per heavy atom. The van der Waals surface area contributed by atoms with E-state index in [0.717, 1.165) is 24.7 Å². The van der Waals surface area contributed by atoms with Crippen molar-refractivity contribution < 1.29 is 14.1 Å². The third kappa shape index (κ3) is 3.34. The van der Waals surface area contributed by atoms with Gasteiger partial charge in [0.15, 0.2) is 5.69 Å². The number of anilines is 1. The molecule has 2 saturated heterocycles. The van der Waals surface area contributed by atoms with Crippen molar-refractivity contribution >= 4 is 11.9 Å². The highest BCUT2D eigenvalue weighted by Crippen LogP contribution is 2.24. The molecule has 132 valence electrons. The summed E-state index contributed by atoms with van der Waals surface area (Å²) in [5.41, 5.74) is 1.14. The van der Waals surface area contributed by atoms with Gasteiger partial charge in [0, 0.05) is 31.9 Å². The van der Waals surface area contributed by atoms with Crippen molar-refractivity contribution in [2.24, 2.45) is 0 Å². The van der Waals surface area contributed by atoms with E-state index in [9.17, 15) is 4.79 Å². The largest absolute Gasteiger partial charge is 0.368 e. The molecule has 0 unspecified atom stereocenters. The van der Waals surface area contributed by atoms with E-state index in [-0.39, 0.29) is 12.0 Å². The van der Waals surface area contributed by atoms with Crippen molar-refractivity contribution in [3.63, 3.8) is 0 Å². The Hall–Kier alpha value is -2.48. The minimum Gasteiger partial charge on any atom is -0.368 e. The maximum Gasteiger partial charge on any atom is 0.276 e. The van der Waals surface area contributed by atoms with Gasteiger partial charge in [-0.3, -0.25) is 4.79 Å². The molecule has 0 radical (unpaired) electrons. The smallest absolute Gasteiger partial charge is 0.276 e. The number of hydrogen-bond acceptors (Lipinski definition) is 7. The minimum atomic E-state index is -0.255. The molecule has 0 aromatic carbocycles. The van der Waals surface area contributed by atoms with Crippen LogP contribution < -0.4 is 4.90 Å². The van der Waals surface area contributed by atoms with E-state index in [2.05, 4.69) is 20.0 Å². The first kappa shape index (κ1) is 16.0. The summed E-state index contributed by atoms with van der Waals surface area (Å²) in [6.45, 7) is 5.20. The third-order valence-corrected chi connectivity index (χ3v) is 4.58. The molecule has 0 spiro atoms. The topological polar surface area (TPSA) is 84.6 Å². The fourth-order valence-corrected chi connectivity index (χ4v) is 3.25. The summed E-state index contributed by atoms with van der Waals surface area (Å²) < 4.78 is 10.9. The number of aryl methyl sites for hydroxylation is 1. The summed E-state index contributed by atoms with van der Waals surface area (Å²) in [7, 11) is 0. The van der Waals surface area contributed by atoms with Gasteiger partial charge in [-0.1, -0.05) is 5.16 Å². The van der Waals surface area contributed by atoms with E-state index >= 15 is 0 Å². The van der Waals surface area contributed by atoms with Gasteiger partial charge in [0.05, 0.1) is 18.8 Å². The second-order valence-electron chi connectivity index (χ2n) is 6.41. The average molecular weight is 343 g/mol. The highest BCUT2D eigenvalue weighted by atomic mass is 16.5. The molecular formula is C17H21N5O3. The number of aromatic nitrogens is 3. The summed E-state index contributed by atoms with van der Waals surface area (Å²) in [4.78, 5) is 25.5. The molecule has 2 aliphatic rings. The van der Waals surface area contributed by atoms with Crippen LogP contribution in [0.2, 0.25) is 0 Å². The van der Waals surface area contributed by atoms with Crippen LogP contribution in [0.25, 0.3) is 0 Å². The SMILES string of the molecule is Cc1cc(C(=O)N2CCO[C@@H](c3ccnc(N4CCCC4)n3)C2)no1. The summed E-state index contributed by atoms with van der Waals surface area (Å²) >= 11 is 0. The van der Waals surface area contributed by atoms with Crippen LogP contribution in [0.15, 0.2) is 22.9 Å². The first-order valence-corrected chi connectivity index (χ1v) is 8.63. The molecule has 25 heavy (non-hydrogen) atoms. The molecule has 2 aliphatic heterocycles. The van der Waals surface area contributed by atoms with E-state index in [1.807, 2.05) is 6.07 Å². The molecular weight excluding hydrogens is 322 g/mol. The molecule has 1 atom stereocenters. The number of rotatable bonds is 3. The summed E-state index contributed by atoms with van der Waals surface area (Å²) in [5.74, 6) is 1.23. The van der Waals surface area contributed by atoms with Crippen LogP contribution in [0.1, 0.15) is 40.9 Å². The highest BCUT2D eigenvalue weighted by Gasteiger charge is 2.29. The lowest BCUT2D eigenvalue weighted by Gasteiger charge is -2.32. The standard InChI is InChI=1S/C17H21N5O3/c1-12-10-14(20-25-12)16(23)22-8-9-24-15(11-22)13-4-5-18-17(19-13)21-6-2-3-7-21/h4-5,10,15H,2-3,6-9,11H2,1H3/t15-/m1/s1. The predicted octanol–water partition coefficient (Wildman–Crippen LogP) is 1.59. The molecule has 0 bridgehead atoms. The number of carbonyl (C=O) groups excluding carboxylic acids is 1. The van der Waals surface area contributed by atoms with Gasteiger partial charge in [0.25, 0.3) is 5.91 Å². The second-order valence-corrected chi connectivity index (χ2v) is 6.41. The van der Waals surface area contributed by atoms with Gasteiger partial charge in [0.1, 0.15) is 11.9 Å². The summed E-state index contributed by atoms with van der Waals surface area (Å²) in [6, 6.07) is 3.52. The molecule has 2 aromatic heterocycles. The maximum atomic E-state index is 12.6. The quantitative estimate of drug-likeness (QED) is 0.836. The van der Waals surface area contributed by atoms with E-state index in [1.54, 1.807) is 24.1 Å². The van der Waals surface area contributed by atoms with Crippen molar-refractivity contribution in [1.82, 2.24) is 20.0 Å². The number of ether oxygens (including phenoxy) is 1. The van der Waals surface area contributed by atoms with Gasteiger partial charge in [-0.25, -0.2) is 9.97 Å².